The third-order valence-electron chi connectivity index (χ3n) is 3.78. The lowest BCUT2D eigenvalue weighted by Gasteiger charge is -2.37. The largest absolute Gasteiger partial charge is 0.481 e. The molecule has 1 atom stereocenters. The maximum atomic E-state index is 13.4. The lowest BCUT2D eigenvalue weighted by Crippen LogP contribution is -2.45. The van der Waals surface area contributed by atoms with Crippen LogP contribution in [0.2, 0.25) is 0 Å². The number of benzene rings is 1. The first-order valence-electron chi connectivity index (χ1n) is 6.58. The molecule has 0 radical (unpaired) electrons. The molecule has 2 rings (SSSR count). The zero-order chi connectivity index (χ0) is 14.8. The molecule has 0 amide bonds. The Morgan fingerprint density at radius 2 is 2.30 bits per heavy atom. The first-order chi connectivity index (χ1) is 9.43. The Morgan fingerprint density at radius 3 is 2.95 bits per heavy atom. The Bertz CT molecular complexity index is 567. The van der Waals surface area contributed by atoms with Crippen LogP contribution in [0.25, 0.3) is 0 Å². The number of carboxylic acids is 1. The van der Waals surface area contributed by atoms with Gasteiger partial charge in [0.05, 0.1) is 17.0 Å². The van der Waals surface area contributed by atoms with E-state index in [1.165, 1.54) is 12.1 Å². The Kier molecular flexibility index (Phi) is 4.05. The van der Waals surface area contributed by atoms with Crippen molar-refractivity contribution in [3.63, 3.8) is 0 Å². The van der Waals surface area contributed by atoms with Crippen LogP contribution >= 0.6 is 0 Å². The first kappa shape index (κ1) is 14.5. The predicted octanol–water partition coefficient (Wildman–Crippen LogP) is 2.38. The molecule has 1 fully saturated rings. The van der Waals surface area contributed by atoms with Gasteiger partial charge in [-0.3, -0.25) is 9.69 Å². The predicted molar refractivity (Wildman–Crippen MR) is 71.4 cm³/mol. The van der Waals surface area contributed by atoms with Gasteiger partial charge in [0.25, 0.3) is 0 Å². The standard InChI is InChI=1S/C15H17FN2O2/c1-15(14(19)20)3-2-4-18(10-15)9-12-5-11(8-17)6-13(16)7-12/h5-7H,2-4,9-10H2,1H3,(H,19,20). The molecular formula is C15H17FN2O2. The highest BCUT2D eigenvalue weighted by molar-refractivity contribution is 5.74. The number of halogens is 1. The second kappa shape index (κ2) is 5.59. The summed E-state index contributed by atoms with van der Waals surface area (Å²) < 4.78 is 13.4. The monoisotopic (exact) mass is 276 g/mol. The minimum atomic E-state index is -0.792. The molecule has 1 N–H and O–H groups in total. The lowest BCUT2D eigenvalue weighted by atomic mass is 9.82. The van der Waals surface area contributed by atoms with Crippen molar-refractivity contribution in [1.82, 2.24) is 4.90 Å². The van der Waals surface area contributed by atoms with Crippen molar-refractivity contribution < 1.29 is 14.3 Å². The van der Waals surface area contributed by atoms with Gasteiger partial charge >= 0.3 is 5.97 Å². The van der Waals surface area contributed by atoms with E-state index >= 15 is 0 Å². The number of nitrogens with zero attached hydrogens (tertiary/aromatic N) is 2. The van der Waals surface area contributed by atoms with Crippen LogP contribution in [0, 0.1) is 22.6 Å². The molecule has 106 valence electrons. The number of carbonyl (C=O) groups is 1. The van der Waals surface area contributed by atoms with E-state index in [1.54, 1.807) is 13.0 Å². The van der Waals surface area contributed by atoms with Crippen LogP contribution < -0.4 is 0 Å². The van der Waals surface area contributed by atoms with Crippen molar-refractivity contribution in [2.45, 2.75) is 26.3 Å². The fourth-order valence-corrected chi connectivity index (χ4v) is 2.72. The fourth-order valence-electron chi connectivity index (χ4n) is 2.72. The van der Waals surface area contributed by atoms with E-state index in [1.807, 2.05) is 11.0 Å². The maximum Gasteiger partial charge on any atom is 0.310 e. The molecule has 0 aliphatic carbocycles. The molecule has 1 heterocycles. The minimum Gasteiger partial charge on any atom is -0.481 e. The van der Waals surface area contributed by atoms with Gasteiger partial charge in [-0.15, -0.1) is 0 Å². The number of aliphatic carboxylic acids is 1. The van der Waals surface area contributed by atoms with Crippen molar-refractivity contribution in [1.29, 1.82) is 5.26 Å². The summed E-state index contributed by atoms with van der Waals surface area (Å²) in [5, 5.41) is 18.1. The number of hydrogen-bond acceptors (Lipinski definition) is 3. The molecule has 1 unspecified atom stereocenters. The molecule has 1 aromatic rings. The number of carboxylic acid groups (broad SMARTS) is 1. The van der Waals surface area contributed by atoms with Gasteiger partial charge in [-0.1, -0.05) is 0 Å². The number of rotatable bonds is 3. The summed E-state index contributed by atoms with van der Waals surface area (Å²) in [6.07, 6.45) is 1.47. The summed E-state index contributed by atoms with van der Waals surface area (Å²) in [5.41, 5.74) is 0.248. The van der Waals surface area contributed by atoms with Gasteiger partial charge in [0.2, 0.25) is 0 Å². The van der Waals surface area contributed by atoms with Crippen LogP contribution in [-0.4, -0.2) is 29.1 Å². The molecule has 0 aromatic heterocycles. The molecule has 20 heavy (non-hydrogen) atoms. The van der Waals surface area contributed by atoms with E-state index in [-0.39, 0.29) is 5.56 Å². The molecule has 5 heteroatoms. The third kappa shape index (κ3) is 3.14. The fraction of sp³-hybridized carbons (Fsp3) is 0.467. The minimum absolute atomic E-state index is 0.290. The topological polar surface area (TPSA) is 64.3 Å². The van der Waals surface area contributed by atoms with E-state index in [0.717, 1.165) is 13.0 Å². The van der Waals surface area contributed by atoms with E-state index in [2.05, 4.69) is 0 Å². The van der Waals surface area contributed by atoms with Crippen LogP contribution in [-0.2, 0) is 11.3 Å². The normalized spacial score (nSPS) is 23.2. The second-order valence-electron chi connectivity index (χ2n) is 5.64. The third-order valence-corrected chi connectivity index (χ3v) is 3.78. The zero-order valence-electron chi connectivity index (χ0n) is 11.4. The summed E-state index contributed by atoms with van der Waals surface area (Å²) in [6, 6.07) is 6.17. The van der Waals surface area contributed by atoms with Crippen molar-refractivity contribution >= 4 is 5.97 Å². The van der Waals surface area contributed by atoms with Crippen LogP contribution in [0.3, 0.4) is 0 Å². The van der Waals surface area contributed by atoms with Crippen LogP contribution in [0.4, 0.5) is 4.39 Å². The Balaban J connectivity index is 2.12. The van der Waals surface area contributed by atoms with Gasteiger partial charge in [-0.2, -0.15) is 5.26 Å². The zero-order valence-corrected chi connectivity index (χ0v) is 11.4. The van der Waals surface area contributed by atoms with E-state index in [9.17, 15) is 14.3 Å². The van der Waals surface area contributed by atoms with Crippen LogP contribution in [0.15, 0.2) is 18.2 Å². The van der Waals surface area contributed by atoms with E-state index in [4.69, 9.17) is 5.26 Å². The summed E-state index contributed by atoms with van der Waals surface area (Å²) >= 11 is 0. The number of hydrogen-bond donors (Lipinski definition) is 1. The molecule has 0 saturated carbocycles. The smallest absolute Gasteiger partial charge is 0.310 e. The summed E-state index contributed by atoms with van der Waals surface area (Å²) in [4.78, 5) is 13.3. The highest BCUT2D eigenvalue weighted by Crippen LogP contribution is 2.30. The molecule has 1 aromatic carbocycles. The van der Waals surface area contributed by atoms with Crippen LogP contribution in [0.5, 0.6) is 0 Å². The first-order valence-corrected chi connectivity index (χ1v) is 6.58. The van der Waals surface area contributed by atoms with Crippen molar-refractivity contribution in [3.05, 3.63) is 35.1 Å². The van der Waals surface area contributed by atoms with Gasteiger partial charge in [-0.05, 0) is 50.1 Å². The molecule has 1 aliphatic heterocycles. The second-order valence-corrected chi connectivity index (χ2v) is 5.64. The average Bonchev–Trinajstić information content (AvgIpc) is 2.37. The maximum absolute atomic E-state index is 13.4. The molecule has 4 nitrogen and oxygen atoms in total. The molecule has 1 saturated heterocycles. The van der Waals surface area contributed by atoms with Crippen molar-refractivity contribution in [2.24, 2.45) is 5.41 Å². The number of piperidine rings is 1. The summed E-state index contributed by atoms with van der Waals surface area (Å²) in [5.74, 6) is -1.23. The Hall–Kier alpha value is -1.93. The highest BCUT2D eigenvalue weighted by Gasteiger charge is 2.37. The van der Waals surface area contributed by atoms with Crippen molar-refractivity contribution in [3.8, 4) is 6.07 Å². The van der Waals surface area contributed by atoms with Crippen LogP contribution in [0.1, 0.15) is 30.9 Å². The average molecular weight is 276 g/mol. The lowest BCUT2D eigenvalue weighted by molar-refractivity contribution is -0.151. The molecule has 0 spiro atoms. The summed E-state index contributed by atoms with van der Waals surface area (Å²) in [6.45, 7) is 3.45. The van der Waals surface area contributed by atoms with Crippen molar-refractivity contribution in [2.75, 3.05) is 13.1 Å². The Labute approximate surface area is 117 Å². The SMILES string of the molecule is CC1(C(=O)O)CCCN(Cc2cc(F)cc(C#N)c2)C1. The van der Waals surface area contributed by atoms with Gasteiger partial charge in [0, 0.05) is 13.1 Å². The highest BCUT2D eigenvalue weighted by atomic mass is 19.1. The Morgan fingerprint density at radius 1 is 1.55 bits per heavy atom. The van der Waals surface area contributed by atoms with Gasteiger partial charge in [0.1, 0.15) is 5.82 Å². The molecule has 0 bridgehead atoms. The van der Waals surface area contributed by atoms with Gasteiger partial charge in [0.15, 0.2) is 0 Å². The number of likely N-dealkylation sites (tertiary alicyclic amines) is 1. The quantitative estimate of drug-likeness (QED) is 0.920. The summed E-state index contributed by atoms with van der Waals surface area (Å²) in [7, 11) is 0. The molecule has 1 aliphatic rings. The number of nitriles is 1. The van der Waals surface area contributed by atoms with Gasteiger partial charge < -0.3 is 5.11 Å². The van der Waals surface area contributed by atoms with E-state index in [0.29, 0.717) is 25.1 Å². The van der Waals surface area contributed by atoms with E-state index < -0.39 is 17.2 Å². The van der Waals surface area contributed by atoms with Gasteiger partial charge in [-0.25, -0.2) is 4.39 Å². The molecular weight excluding hydrogens is 259 g/mol.